The van der Waals surface area contributed by atoms with Gasteiger partial charge in [0.2, 0.25) is 11.9 Å². The van der Waals surface area contributed by atoms with Crippen LogP contribution in [0.5, 0.6) is 0 Å². The van der Waals surface area contributed by atoms with E-state index < -0.39 is 24.5 Å². The molecular formula is C17H23F3N6O2. The molecule has 0 bridgehead atoms. The van der Waals surface area contributed by atoms with Gasteiger partial charge in [0, 0.05) is 13.1 Å². The van der Waals surface area contributed by atoms with E-state index in [1.807, 2.05) is 26.1 Å². The molecule has 1 amide bonds. The molecule has 1 aliphatic heterocycles. The third-order valence-corrected chi connectivity index (χ3v) is 4.62. The van der Waals surface area contributed by atoms with E-state index in [9.17, 15) is 22.8 Å². The molecule has 0 spiro atoms. The average Bonchev–Trinajstić information content (AvgIpc) is 3.04. The molecule has 3 heterocycles. The SMILES string of the molecule is CC(C)(C)n1ncc2c(=O)[nH]c(N3CCCC(C(=O)NCC(F)(F)F)C3)nc21. The summed E-state index contributed by atoms with van der Waals surface area (Å²) >= 11 is 0. The average molecular weight is 400 g/mol. The predicted octanol–water partition coefficient (Wildman–Crippen LogP) is 1.77. The number of hydrogen-bond donors (Lipinski definition) is 2. The molecule has 0 aromatic carbocycles. The number of H-pyrrole nitrogens is 1. The van der Waals surface area contributed by atoms with Gasteiger partial charge in [-0.05, 0) is 33.6 Å². The summed E-state index contributed by atoms with van der Waals surface area (Å²) in [6.45, 7) is 5.18. The number of nitrogens with one attached hydrogen (secondary N) is 2. The van der Waals surface area contributed by atoms with Crippen LogP contribution in [0.1, 0.15) is 33.6 Å². The lowest BCUT2D eigenvalue weighted by molar-refractivity contribution is -0.140. The van der Waals surface area contributed by atoms with Crippen molar-refractivity contribution in [2.24, 2.45) is 5.92 Å². The molecule has 2 aromatic heterocycles. The number of carbonyl (C=O) groups excluding carboxylic acids is 1. The summed E-state index contributed by atoms with van der Waals surface area (Å²) in [4.78, 5) is 33.5. The number of aromatic amines is 1. The number of carbonyl (C=O) groups is 1. The number of fused-ring (bicyclic) bond motifs is 1. The summed E-state index contributed by atoms with van der Waals surface area (Å²) in [5.41, 5.74) is -0.309. The van der Waals surface area contributed by atoms with Gasteiger partial charge in [-0.25, -0.2) is 4.68 Å². The Labute approximate surface area is 159 Å². The lowest BCUT2D eigenvalue weighted by Crippen LogP contribution is -2.46. The number of piperidine rings is 1. The summed E-state index contributed by atoms with van der Waals surface area (Å²) < 4.78 is 38.7. The van der Waals surface area contributed by atoms with E-state index in [1.54, 1.807) is 9.58 Å². The Hall–Kier alpha value is -2.59. The van der Waals surface area contributed by atoms with Gasteiger partial charge in [0.25, 0.3) is 5.56 Å². The second-order valence-corrected chi connectivity index (χ2v) is 7.97. The lowest BCUT2D eigenvalue weighted by Gasteiger charge is -2.32. The molecule has 1 saturated heterocycles. The van der Waals surface area contributed by atoms with Crippen LogP contribution >= 0.6 is 0 Å². The van der Waals surface area contributed by atoms with Crippen LogP contribution in [0, 0.1) is 5.92 Å². The van der Waals surface area contributed by atoms with Gasteiger partial charge in [-0.1, -0.05) is 0 Å². The molecule has 1 aliphatic rings. The van der Waals surface area contributed by atoms with Crippen LogP contribution in [0.3, 0.4) is 0 Å². The van der Waals surface area contributed by atoms with E-state index in [-0.39, 0.29) is 23.6 Å². The first-order valence-corrected chi connectivity index (χ1v) is 9.03. The largest absolute Gasteiger partial charge is 0.405 e. The fourth-order valence-electron chi connectivity index (χ4n) is 3.26. The minimum absolute atomic E-state index is 0.182. The van der Waals surface area contributed by atoms with Crippen LogP contribution in [0.2, 0.25) is 0 Å². The van der Waals surface area contributed by atoms with Crippen molar-refractivity contribution >= 4 is 22.9 Å². The molecule has 0 aliphatic carbocycles. The second-order valence-electron chi connectivity index (χ2n) is 7.97. The topological polar surface area (TPSA) is 95.9 Å². The number of anilines is 1. The highest BCUT2D eigenvalue weighted by Gasteiger charge is 2.32. The highest BCUT2D eigenvalue weighted by atomic mass is 19.4. The molecule has 0 radical (unpaired) electrons. The molecule has 0 saturated carbocycles. The van der Waals surface area contributed by atoms with Gasteiger partial charge in [0.15, 0.2) is 5.65 Å². The number of nitrogens with zero attached hydrogens (tertiary/aromatic N) is 4. The Balaban J connectivity index is 1.84. The van der Waals surface area contributed by atoms with Crippen molar-refractivity contribution in [2.75, 3.05) is 24.5 Å². The van der Waals surface area contributed by atoms with Gasteiger partial charge < -0.3 is 10.2 Å². The van der Waals surface area contributed by atoms with Gasteiger partial charge in [-0.3, -0.25) is 14.6 Å². The van der Waals surface area contributed by atoms with Crippen LogP contribution < -0.4 is 15.8 Å². The van der Waals surface area contributed by atoms with E-state index in [2.05, 4.69) is 15.1 Å². The number of aromatic nitrogens is 4. The highest BCUT2D eigenvalue weighted by molar-refractivity contribution is 5.79. The molecule has 2 aromatic rings. The van der Waals surface area contributed by atoms with E-state index >= 15 is 0 Å². The molecule has 11 heteroatoms. The Morgan fingerprint density at radius 3 is 2.71 bits per heavy atom. The summed E-state index contributed by atoms with van der Waals surface area (Å²) in [6, 6.07) is 0. The third-order valence-electron chi connectivity index (χ3n) is 4.62. The standard InChI is InChI=1S/C17H23F3N6O2/c1-16(2,3)26-12-11(7-22-26)14(28)24-15(23-12)25-6-4-5-10(8-25)13(27)21-9-17(18,19)20/h7,10H,4-6,8-9H2,1-3H3,(H,21,27)(H,23,24,28). The maximum absolute atomic E-state index is 12.4. The van der Waals surface area contributed by atoms with Crippen molar-refractivity contribution in [1.29, 1.82) is 0 Å². The van der Waals surface area contributed by atoms with Crippen molar-refractivity contribution in [2.45, 2.75) is 45.3 Å². The Bertz CT molecular complexity index is 928. The predicted molar refractivity (Wildman–Crippen MR) is 97.1 cm³/mol. The van der Waals surface area contributed by atoms with E-state index in [0.29, 0.717) is 30.4 Å². The summed E-state index contributed by atoms with van der Waals surface area (Å²) in [5, 5.41) is 6.54. The molecule has 1 atom stereocenters. The smallest absolute Gasteiger partial charge is 0.347 e. The number of amides is 1. The molecule has 1 fully saturated rings. The number of halogens is 3. The first-order valence-electron chi connectivity index (χ1n) is 9.03. The summed E-state index contributed by atoms with van der Waals surface area (Å²) in [5.74, 6) is -0.966. The Kier molecular flexibility index (Phi) is 5.11. The lowest BCUT2D eigenvalue weighted by atomic mass is 9.97. The molecule has 1 unspecified atom stereocenters. The van der Waals surface area contributed by atoms with Crippen LogP contribution in [-0.2, 0) is 10.3 Å². The Morgan fingerprint density at radius 2 is 2.07 bits per heavy atom. The minimum atomic E-state index is -4.45. The highest BCUT2D eigenvalue weighted by Crippen LogP contribution is 2.23. The van der Waals surface area contributed by atoms with Crippen molar-refractivity contribution in [3.63, 3.8) is 0 Å². The molecule has 28 heavy (non-hydrogen) atoms. The van der Waals surface area contributed by atoms with Gasteiger partial charge in [0.05, 0.1) is 17.7 Å². The van der Waals surface area contributed by atoms with Crippen molar-refractivity contribution in [1.82, 2.24) is 25.1 Å². The van der Waals surface area contributed by atoms with Crippen molar-refractivity contribution < 1.29 is 18.0 Å². The maximum atomic E-state index is 12.4. The van der Waals surface area contributed by atoms with Gasteiger partial charge >= 0.3 is 6.18 Å². The quantitative estimate of drug-likeness (QED) is 0.819. The zero-order valence-corrected chi connectivity index (χ0v) is 15.9. The Morgan fingerprint density at radius 1 is 1.36 bits per heavy atom. The van der Waals surface area contributed by atoms with Crippen LogP contribution in [0.25, 0.3) is 11.0 Å². The monoisotopic (exact) mass is 400 g/mol. The van der Waals surface area contributed by atoms with Crippen LogP contribution in [-0.4, -0.2) is 51.5 Å². The maximum Gasteiger partial charge on any atom is 0.405 e. The second kappa shape index (κ2) is 7.10. The van der Waals surface area contributed by atoms with Crippen molar-refractivity contribution in [3.8, 4) is 0 Å². The van der Waals surface area contributed by atoms with Crippen LogP contribution in [0.15, 0.2) is 11.0 Å². The van der Waals surface area contributed by atoms with Gasteiger partial charge in [-0.2, -0.15) is 23.3 Å². The first-order chi connectivity index (χ1) is 13.0. The van der Waals surface area contributed by atoms with Crippen molar-refractivity contribution in [3.05, 3.63) is 16.6 Å². The number of hydrogen-bond acceptors (Lipinski definition) is 5. The zero-order valence-electron chi connectivity index (χ0n) is 15.9. The van der Waals surface area contributed by atoms with E-state index in [0.717, 1.165) is 0 Å². The van der Waals surface area contributed by atoms with Crippen LogP contribution in [0.4, 0.5) is 19.1 Å². The fraction of sp³-hybridized carbons (Fsp3) is 0.647. The molecule has 2 N–H and O–H groups in total. The van der Waals surface area contributed by atoms with E-state index in [1.165, 1.54) is 6.20 Å². The summed E-state index contributed by atoms with van der Waals surface area (Å²) in [7, 11) is 0. The fourth-order valence-corrected chi connectivity index (χ4v) is 3.26. The number of alkyl halides is 3. The van der Waals surface area contributed by atoms with Gasteiger partial charge in [-0.15, -0.1) is 0 Å². The first kappa shape index (κ1) is 20.2. The summed E-state index contributed by atoms with van der Waals surface area (Å²) in [6.07, 6.45) is -1.91. The minimum Gasteiger partial charge on any atom is -0.347 e. The number of rotatable bonds is 3. The third kappa shape index (κ3) is 4.28. The van der Waals surface area contributed by atoms with Gasteiger partial charge in [0.1, 0.15) is 11.9 Å². The molecule has 154 valence electrons. The zero-order chi connectivity index (χ0) is 20.7. The molecule has 3 rings (SSSR count). The molecule has 8 nitrogen and oxygen atoms in total. The molecular weight excluding hydrogens is 377 g/mol. The normalized spacial score (nSPS) is 18.5. The van der Waals surface area contributed by atoms with E-state index in [4.69, 9.17) is 0 Å².